The van der Waals surface area contributed by atoms with Crippen LogP contribution in [0.2, 0.25) is 0 Å². The van der Waals surface area contributed by atoms with Crippen molar-refractivity contribution < 1.29 is 27.5 Å². The standard InChI is InChI=1S/C32H42N4O6S/c1-5-41-29-18-13-24-19-26(16-17-27(24)34-29)43(39,40)36-25-14-11-23(12-15-25)31(37)35-28(22-9-7-6-8-10-22)20-42-32(38)30(33-4)21(2)3/h6-10,13,16-19,21,23,25,28,30,33,36H,5,11-12,14-15,20H2,1-4H3,(H,35,37)/t23?,25?,28-,30+/m1/s1. The van der Waals surface area contributed by atoms with Crippen LogP contribution in [0.25, 0.3) is 10.9 Å². The maximum atomic E-state index is 13.3. The molecule has 0 saturated heterocycles. The molecule has 4 rings (SSSR count). The van der Waals surface area contributed by atoms with Crippen LogP contribution in [0.1, 0.15) is 58.1 Å². The second kappa shape index (κ2) is 14.8. The van der Waals surface area contributed by atoms with Crippen molar-refractivity contribution >= 4 is 32.8 Å². The first kappa shape index (κ1) is 32.4. The average molecular weight is 611 g/mol. The van der Waals surface area contributed by atoms with E-state index < -0.39 is 22.1 Å². The number of fused-ring (bicyclic) bond motifs is 1. The van der Waals surface area contributed by atoms with Gasteiger partial charge in [-0.3, -0.25) is 9.59 Å². The Morgan fingerprint density at radius 3 is 2.37 bits per heavy atom. The first-order valence-electron chi connectivity index (χ1n) is 14.9. The highest BCUT2D eigenvalue weighted by Crippen LogP contribution is 2.28. The molecule has 0 radical (unpaired) electrons. The van der Waals surface area contributed by atoms with E-state index >= 15 is 0 Å². The Balaban J connectivity index is 1.34. The monoisotopic (exact) mass is 610 g/mol. The number of hydrogen-bond donors (Lipinski definition) is 3. The summed E-state index contributed by atoms with van der Waals surface area (Å²) in [5, 5.41) is 6.76. The summed E-state index contributed by atoms with van der Waals surface area (Å²) in [4.78, 5) is 30.5. The maximum Gasteiger partial charge on any atom is 0.323 e. The minimum atomic E-state index is -3.76. The number of esters is 1. The van der Waals surface area contributed by atoms with Crippen molar-refractivity contribution in [3.05, 3.63) is 66.2 Å². The highest BCUT2D eigenvalue weighted by molar-refractivity contribution is 7.89. The van der Waals surface area contributed by atoms with Gasteiger partial charge in [-0.1, -0.05) is 44.2 Å². The summed E-state index contributed by atoms with van der Waals surface area (Å²) in [6.45, 7) is 6.27. The fourth-order valence-electron chi connectivity index (χ4n) is 5.42. The Morgan fingerprint density at radius 1 is 1.00 bits per heavy atom. The number of rotatable bonds is 13. The molecule has 10 nitrogen and oxygen atoms in total. The molecule has 1 aromatic heterocycles. The maximum absolute atomic E-state index is 13.3. The molecule has 3 N–H and O–H groups in total. The molecule has 0 aliphatic heterocycles. The highest BCUT2D eigenvalue weighted by atomic mass is 32.2. The number of hydrogen-bond acceptors (Lipinski definition) is 8. The van der Waals surface area contributed by atoms with E-state index in [-0.39, 0.29) is 41.3 Å². The molecule has 2 aromatic carbocycles. The van der Waals surface area contributed by atoms with Gasteiger partial charge in [0.1, 0.15) is 12.6 Å². The summed E-state index contributed by atoms with van der Waals surface area (Å²) in [7, 11) is -2.04. The molecule has 2 atom stereocenters. The predicted molar refractivity (Wildman–Crippen MR) is 165 cm³/mol. The van der Waals surface area contributed by atoms with Crippen molar-refractivity contribution in [3.8, 4) is 5.88 Å². The summed E-state index contributed by atoms with van der Waals surface area (Å²) in [6, 6.07) is 16.6. The van der Waals surface area contributed by atoms with Crippen LogP contribution in [0.4, 0.5) is 0 Å². The number of ether oxygens (including phenoxy) is 2. The molecule has 11 heteroatoms. The van der Waals surface area contributed by atoms with Gasteiger partial charge in [-0.2, -0.15) is 0 Å². The Hall–Kier alpha value is -3.54. The lowest BCUT2D eigenvalue weighted by Crippen LogP contribution is -2.43. The van der Waals surface area contributed by atoms with E-state index in [0.29, 0.717) is 49.1 Å². The number of carbonyl (C=O) groups excluding carboxylic acids is 2. The number of likely N-dealkylation sites (N-methyl/N-ethyl adjacent to an activating group) is 1. The smallest absolute Gasteiger partial charge is 0.323 e. The molecule has 0 spiro atoms. The van der Waals surface area contributed by atoms with Crippen LogP contribution in [0, 0.1) is 11.8 Å². The SMILES string of the molecule is CCOc1ccc2cc(S(=O)(=O)NC3CCC(C(=O)N[C@H](COC(=O)[C@@H](NC)C(C)C)c4ccccc4)CC3)ccc2n1. The second-order valence-corrected chi connectivity index (χ2v) is 12.9. The van der Waals surface area contributed by atoms with E-state index in [1.807, 2.05) is 51.1 Å². The summed E-state index contributed by atoms with van der Waals surface area (Å²) in [5.41, 5.74) is 1.50. The molecule has 1 amide bonds. The Morgan fingerprint density at radius 2 is 1.72 bits per heavy atom. The Bertz CT molecular complexity index is 1490. The number of benzene rings is 2. The van der Waals surface area contributed by atoms with Crippen molar-refractivity contribution in [1.82, 2.24) is 20.3 Å². The van der Waals surface area contributed by atoms with Crippen molar-refractivity contribution in [2.75, 3.05) is 20.3 Å². The van der Waals surface area contributed by atoms with Crippen LogP contribution in [0.15, 0.2) is 65.6 Å². The van der Waals surface area contributed by atoms with Gasteiger partial charge in [0.15, 0.2) is 0 Å². The van der Waals surface area contributed by atoms with E-state index in [2.05, 4.69) is 20.3 Å². The van der Waals surface area contributed by atoms with Crippen molar-refractivity contribution in [3.63, 3.8) is 0 Å². The minimum Gasteiger partial charge on any atom is -0.478 e. The van der Waals surface area contributed by atoms with Crippen molar-refractivity contribution in [2.24, 2.45) is 11.8 Å². The summed E-state index contributed by atoms with van der Waals surface area (Å²) >= 11 is 0. The lowest BCUT2D eigenvalue weighted by Gasteiger charge is -2.30. The molecule has 1 saturated carbocycles. The fraction of sp³-hybridized carbons (Fsp3) is 0.469. The normalized spacial score (nSPS) is 18.6. The third-order valence-electron chi connectivity index (χ3n) is 7.80. The molecular formula is C32H42N4O6S. The molecule has 43 heavy (non-hydrogen) atoms. The van der Waals surface area contributed by atoms with Crippen LogP contribution in [0.5, 0.6) is 5.88 Å². The van der Waals surface area contributed by atoms with Crippen LogP contribution >= 0.6 is 0 Å². The third kappa shape index (κ3) is 8.52. The van der Waals surface area contributed by atoms with Gasteiger partial charge in [0.05, 0.1) is 23.1 Å². The zero-order valence-corrected chi connectivity index (χ0v) is 26.0. The third-order valence-corrected chi connectivity index (χ3v) is 9.32. The summed E-state index contributed by atoms with van der Waals surface area (Å²) in [6.07, 6.45) is 2.15. The molecule has 1 aliphatic carbocycles. The van der Waals surface area contributed by atoms with Gasteiger partial charge >= 0.3 is 5.97 Å². The van der Waals surface area contributed by atoms with Gasteiger partial charge in [-0.05, 0) is 75.4 Å². The lowest BCUT2D eigenvalue weighted by atomic mass is 9.85. The van der Waals surface area contributed by atoms with Gasteiger partial charge in [0.2, 0.25) is 21.8 Å². The number of nitrogens with zero attached hydrogens (tertiary/aromatic N) is 1. The van der Waals surface area contributed by atoms with Crippen molar-refractivity contribution in [2.45, 2.75) is 69.5 Å². The molecule has 1 fully saturated rings. The van der Waals surface area contributed by atoms with Gasteiger partial charge in [0, 0.05) is 23.4 Å². The fourth-order valence-corrected chi connectivity index (χ4v) is 6.76. The minimum absolute atomic E-state index is 0.0167. The summed E-state index contributed by atoms with van der Waals surface area (Å²) < 4.78 is 40.2. The second-order valence-electron chi connectivity index (χ2n) is 11.2. The molecule has 0 bridgehead atoms. The van der Waals surface area contributed by atoms with Gasteiger partial charge in [-0.25, -0.2) is 18.1 Å². The number of amides is 1. The topological polar surface area (TPSA) is 136 Å². The Labute approximate surface area is 254 Å². The summed E-state index contributed by atoms with van der Waals surface area (Å²) in [5.74, 6) is -0.210. The van der Waals surface area contributed by atoms with Crippen LogP contribution in [0.3, 0.4) is 0 Å². The molecule has 3 aromatic rings. The van der Waals surface area contributed by atoms with E-state index in [1.54, 1.807) is 37.4 Å². The van der Waals surface area contributed by atoms with Crippen LogP contribution in [-0.4, -0.2) is 57.6 Å². The predicted octanol–water partition coefficient (Wildman–Crippen LogP) is 4.12. The number of sulfonamides is 1. The number of pyridine rings is 1. The van der Waals surface area contributed by atoms with Crippen molar-refractivity contribution in [1.29, 1.82) is 0 Å². The number of nitrogens with one attached hydrogen (secondary N) is 3. The molecule has 1 aliphatic rings. The van der Waals surface area contributed by atoms with Gasteiger partial charge in [0.25, 0.3) is 0 Å². The first-order chi connectivity index (χ1) is 20.6. The molecular weight excluding hydrogens is 568 g/mol. The van der Waals surface area contributed by atoms with Gasteiger partial charge < -0.3 is 20.1 Å². The lowest BCUT2D eigenvalue weighted by molar-refractivity contribution is -0.148. The zero-order valence-electron chi connectivity index (χ0n) is 25.2. The van der Waals surface area contributed by atoms with E-state index in [4.69, 9.17) is 9.47 Å². The zero-order chi connectivity index (χ0) is 31.0. The Kier molecular flexibility index (Phi) is 11.1. The number of carbonyl (C=O) groups is 2. The molecule has 0 unspecified atom stereocenters. The average Bonchev–Trinajstić information content (AvgIpc) is 2.99. The van der Waals surface area contributed by atoms with Crippen LogP contribution in [-0.2, 0) is 24.3 Å². The van der Waals surface area contributed by atoms with Gasteiger partial charge in [-0.15, -0.1) is 0 Å². The molecule has 232 valence electrons. The van der Waals surface area contributed by atoms with E-state index in [1.165, 1.54) is 0 Å². The first-order valence-corrected chi connectivity index (χ1v) is 16.3. The molecule has 1 heterocycles. The quantitative estimate of drug-likeness (QED) is 0.246. The highest BCUT2D eigenvalue weighted by Gasteiger charge is 2.31. The van der Waals surface area contributed by atoms with E-state index in [9.17, 15) is 18.0 Å². The largest absolute Gasteiger partial charge is 0.478 e. The van der Waals surface area contributed by atoms with Crippen LogP contribution < -0.4 is 20.1 Å². The number of aromatic nitrogens is 1. The van der Waals surface area contributed by atoms with E-state index in [0.717, 1.165) is 5.56 Å².